The monoisotopic (exact) mass is 349 g/mol. The van der Waals surface area contributed by atoms with Crippen molar-refractivity contribution < 1.29 is 14.3 Å². The van der Waals surface area contributed by atoms with Gasteiger partial charge in [-0.2, -0.15) is 0 Å². The van der Waals surface area contributed by atoms with Crippen molar-refractivity contribution in [3.05, 3.63) is 58.6 Å². The van der Waals surface area contributed by atoms with E-state index in [0.717, 1.165) is 10.5 Å². The van der Waals surface area contributed by atoms with E-state index in [4.69, 9.17) is 16.3 Å². The van der Waals surface area contributed by atoms with Gasteiger partial charge >= 0.3 is 5.97 Å². The molecule has 0 aliphatic heterocycles. The molecule has 0 atom stereocenters. The van der Waals surface area contributed by atoms with Crippen molar-refractivity contribution >= 4 is 40.9 Å². The van der Waals surface area contributed by atoms with E-state index in [1.165, 1.54) is 0 Å². The molecule has 23 heavy (non-hydrogen) atoms. The molecule has 2 rings (SSSR count). The number of anilines is 1. The molecule has 4 nitrogen and oxygen atoms in total. The Kier molecular flexibility index (Phi) is 6.07. The van der Waals surface area contributed by atoms with Crippen LogP contribution < -0.4 is 5.32 Å². The van der Waals surface area contributed by atoms with Gasteiger partial charge < -0.3 is 10.1 Å². The smallest absolute Gasteiger partial charge is 0.338 e. The molecule has 2 aromatic rings. The van der Waals surface area contributed by atoms with Crippen molar-refractivity contribution in [1.82, 2.24) is 0 Å². The van der Waals surface area contributed by atoms with Gasteiger partial charge in [-0.3, -0.25) is 4.79 Å². The minimum Gasteiger partial charge on any atom is -0.452 e. The lowest BCUT2D eigenvalue weighted by molar-refractivity contribution is -0.119. The number of halogens is 1. The first-order valence-electron chi connectivity index (χ1n) is 6.87. The molecular weight excluding hydrogens is 334 g/mol. The first-order valence-corrected chi connectivity index (χ1v) is 8.47. The van der Waals surface area contributed by atoms with E-state index >= 15 is 0 Å². The number of benzene rings is 2. The van der Waals surface area contributed by atoms with Crippen molar-refractivity contribution in [2.24, 2.45) is 0 Å². The first-order chi connectivity index (χ1) is 11.0. The molecule has 0 bridgehead atoms. The molecule has 0 heterocycles. The zero-order chi connectivity index (χ0) is 16.8. The average Bonchev–Trinajstić information content (AvgIpc) is 2.57. The Hall–Kier alpha value is -1.98. The van der Waals surface area contributed by atoms with E-state index in [1.807, 2.05) is 18.4 Å². The summed E-state index contributed by atoms with van der Waals surface area (Å²) in [6.07, 6.45) is 1.95. The van der Waals surface area contributed by atoms with E-state index in [-0.39, 0.29) is 6.61 Å². The predicted molar refractivity (Wildman–Crippen MR) is 93.3 cm³/mol. The van der Waals surface area contributed by atoms with Crippen molar-refractivity contribution in [1.29, 1.82) is 0 Å². The van der Waals surface area contributed by atoms with Gasteiger partial charge in [0.25, 0.3) is 5.91 Å². The highest BCUT2D eigenvalue weighted by atomic mass is 35.5. The van der Waals surface area contributed by atoms with Gasteiger partial charge in [-0.15, -0.1) is 11.8 Å². The summed E-state index contributed by atoms with van der Waals surface area (Å²) in [4.78, 5) is 24.8. The maximum absolute atomic E-state index is 11.9. The van der Waals surface area contributed by atoms with Gasteiger partial charge in [-0.1, -0.05) is 17.7 Å². The molecule has 0 fully saturated rings. The second-order valence-corrected chi connectivity index (χ2v) is 6.05. The summed E-state index contributed by atoms with van der Waals surface area (Å²) in [7, 11) is 0. The summed E-state index contributed by atoms with van der Waals surface area (Å²) < 4.78 is 5.01. The van der Waals surface area contributed by atoms with E-state index in [1.54, 1.807) is 49.0 Å². The molecule has 0 aromatic heterocycles. The van der Waals surface area contributed by atoms with Crippen molar-refractivity contribution in [3.8, 4) is 0 Å². The van der Waals surface area contributed by atoms with Crippen LogP contribution in [0.2, 0.25) is 5.02 Å². The third-order valence-electron chi connectivity index (χ3n) is 3.20. The Morgan fingerprint density at radius 1 is 1.17 bits per heavy atom. The largest absolute Gasteiger partial charge is 0.452 e. The molecule has 2 aromatic carbocycles. The highest BCUT2D eigenvalue weighted by molar-refractivity contribution is 7.98. The average molecular weight is 350 g/mol. The lowest BCUT2D eigenvalue weighted by Gasteiger charge is -2.10. The molecule has 0 aliphatic carbocycles. The number of hydrogen-bond donors (Lipinski definition) is 1. The lowest BCUT2D eigenvalue weighted by Crippen LogP contribution is -2.21. The van der Waals surface area contributed by atoms with E-state index < -0.39 is 11.9 Å². The predicted octanol–water partition coefficient (Wildman–Crippen LogP) is 4.17. The van der Waals surface area contributed by atoms with Crippen LogP contribution in [0.1, 0.15) is 15.9 Å². The standard InChI is InChI=1S/C17H16ClNO3S/c1-11-14(18)4-3-5-15(11)19-16(20)10-22-17(21)12-6-8-13(23-2)9-7-12/h3-9H,10H2,1-2H3,(H,19,20). The minimum atomic E-state index is -0.532. The Morgan fingerprint density at radius 3 is 2.52 bits per heavy atom. The molecule has 0 radical (unpaired) electrons. The van der Waals surface area contributed by atoms with Gasteiger partial charge in [0, 0.05) is 15.6 Å². The van der Waals surface area contributed by atoms with Gasteiger partial charge in [0.15, 0.2) is 6.61 Å². The van der Waals surface area contributed by atoms with Gasteiger partial charge in [0.05, 0.1) is 5.56 Å². The topological polar surface area (TPSA) is 55.4 Å². The molecule has 1 amide bonds. The molecule has 6 heteroatoms. The van der Waals surface area contributed by atoms with Gasteiger partial charge in [-0.25, -0.2) is 4.79 Å². The number of thioether (sulfide) groups is 1. The second kappa shape index (κ2) is 8.04. The summed E-state index contributed by atoms with van der Waals surface area (Å²) in [5, 5.41) is 3.24. The van der Waals surface area contributed by atoms with E-state index in [0.29, 0.717) is 16.3 Å². The van der Waals surface area contributed by atoms with E-state index in [9.17, 15) is 9.59 Å². The second-order valence-electron chi connectivity index (χ2n) is 4.77. The molecule has 0 saturated carbocycles. The van der Waals surface area contributed by atoms with Gasteiger partial charge in [-0.05, 0) is 55.1 Å². The van der Waals surface area contributed by atoms with Crippen LogP contribution in [0.3, 0.4) is 0 Å². The molecule has 1 N–H and O–H groups in total. The Labute approximate surface area is 144 Å². The quantitative estimate of drug-likeness (QED) is 0.650. The van der Waals surface area contributed by atoms with Gasteiger partial charge in [0.2, 0.25) is 0 Å². The van der Waals surface area contributed by atoms with Crippen LogP contribution in [0.15, 0.2) is 47.4 Å². The fourth-order valence-electron chi connectivity index (χ4n) is 1.87. The molecule has 0 aliphatic rings. The van der Waals surface area contributed by atoms with Crippen molar-refractivity contribution in [2.75, 3.05) is 18.2 Å². The normalized spacial score (nSPS) is 10.2. The number of carbonyl (C=O) groups excluding carboxylic acids is 2. The zero-order valence-electron chi connectivity index (χ0n) is 12.8. The number of rotatable bonds is 5. The van der Waals surface area contributed by atoms with Crippen LogP contribution in [-0.2, 0) is 9.53 Å². The van der Waals surface area contributed by atoms with Crippen LogP contribution in [-0.4, -0.2) is 24.7 Å². The minimum absolute atomic E-state index is 0.352. The summed E-state index contributed by atoms with van der Waals surface area (Å²) in [6.45, 7) is 1.45. The van der Waals surface area contributed by atoms with Crippen LogP contribution in [0.25, 0.3) is 0 Å². The highest BCUT2D eigenvalue weighted by Gasteiger charge is 2.11. The summed E-state index contributed by atoms with van der Waals surface area (Å²) >= 11 is 7.58. The van der Waals surface area contributed by atoms with E-state index in [2.05, 4.69) is 5.32 Å². The van der Waals surface area contributed by atoms with Crippen LogP contribution in [0.5, 0.6) is 0 Å². The van der Waals surface area contributed by atoms with Crippen LogP contribution >= 0.6 is 23.4 Å². The Morgan fingerprint density at radius 2 is 1.87 bits per heavy atom. The fraction of sp³-hybridized carbons (Fsp3) is 0.176. The molecule has 0 saturated heterocycles. The maximum atomic E-state index is 11.9. The molecule has 120 valence electrons. The van der Waals surface area contributed by atoms with Crippen molar-refractivity contribution in [3.63, 3.8) is 0 Å². The molecular formula is C17H16ClNO3S. The summed E-state index contributed by atoms with van der Waals surface area (Å²) in [6, 6.07) is 12.2. The SMILES string of the molecule is CSc1ccc(C(=O)OCC(=O)Nc2cccc(Cl)c2C)cc1. The number of nitrogens with one attached hydrogen (secondary N) is 1. The number of esters is 1. The first kappa shape index (κ1) is 17.4. The number of carbonyl (C=O) groups is 2. The zero-order valence-corrected chi connectivity index (χ0v) is 14.3. The summed E-state index contributed by atoms with van der Waals surface area (Å²) in [5.41, 5.74) is 1.78. The van der Waals surface area contributed by atoms with Crippen LogP contribution in [0.4, 0.5) is 5.69 Å². The third-order valence-corrected chi connectivity index (χ3v) is 4.35. The number of amides is 1. The van der Waals surface area contributed by atoms with Crippen molar-refractivity contribution in [2.45, 2.75) is 11.8 Å². The highest BCUT2D eigenvalue weighted by Crippen LogP contribution is 2.22. The maximum Gasteiger partial charge on any atom is 0.338 e. The number of hydrogen-bond acceptors (Lipinski definition) is 4. The number of ether oxygens (including phenoxy) is 1. The summed E-state index contributed by atoms with van der Waals surface area (Å²) in [5.74, 6) is -0.944. The molecule has 0 unspecified atom stereocenters. The third kappa shape index (κ3) is 4.74. The Balaban J connectivity index is 1.90. The Bertz CT molecular complexity index is 716. The van der Waals surface area contributed by atoms with Crippen LogP contribution in [0, 0.1) is 6.92 Å². The molecule has 0 spiro atoms. The lowest BCUT2D eigenvalue weighted by atomic mass is 10.2. The fourth-order valence-corrected chi connectivity index (χ4v) is 2.45. The van der Waals surface area contributed by atoms with Gasteiger partial charge in [0.1, 0.15) is 0 Å².